The predicted molar refractivity (Wildman–Crippen MR) is 221 cm³/mol. The summed E-state index contributed by atoms with van der Waals surface area (Å²) in [6, 6.07) is 26.6. The number of hydrogen-bond donors (Lipinski definition) is 8. The lowest BCUT2D eigenvalue weighted by atomic mass is 10.0. The van der Waals surface area contributed by atoms with Gasteiger partial charge in [0.1, 0.15) is 36.5 Å². The smallest absolute Gasteiger partial charge is 0.408 e. The Morgan fingerprint density at radius 3 is 1.90 bits per heavy atom. The first-order valence-electron chi connectivity index (χ1n) is 19.2. The van der Waals surface area contributed by atoms with E-state index in [-0.39, 0.29) is 44.8 Å². The molecule has 6 rings (SSSR count). The molecule has 310 valence electrons. The van der Waals surface area contributed by atoms with Crippen LogP contribution in [0.15, 0.2) is 128 Å². The minimum atomic E-state index is -1.36. The minimum Gasteiger partial charge on any atom is -0.508 e. The van der Waals surface area contributed by atoms with Crippen LogP contribution in [0.4, 0.5) is 4.79 Å². The monoisotopic (exact) mass is 814 g/mol. The number of phenols is 1. The number of rotatable bonds is 20. The molecule has 5 amide bonds. The molecule has 4 atom stereocenters. The maximum absolute atomic E-state index is 14.3. The van der Waals surface area contributed by atoms with Gasteiger partial charge in [0.25, 0.3) is 0 Å². The molecule has 0 spiro atoms. The Morgan fingerprint density at radius 1 is 0.633 bits per heavy atom. The Balaban J connectivity index is 1.21. The van der Waals surface area contributed by atoms with Crippen molar-refractivity contribution in [2.75, 3.05) is 6.61 Å². The number of benzene rings is 4. The Morgan fingerprint density at radius 2 is 1.23 bits per heavy atom. The number of nitrogens with one attached hydrogen (secondary N) is 6. The number of nitrogens with zero attached hydrogens (tertiary/aromatic N) is 1. The number of para-hydroxylation sites is 1. The molecule has 0 aliphatic heterocycles. The molecule has 9 N–H and O–H groups in total. The first kappa shape index (κ1) is 42.2. The van der Waals surface area contributed by atoms with Gasteiger partial charge in [0.05, 0.1) is 19.5 Å². The van der Waals surface area contributed by atoms with Gasteiger partial charge < -0.3 is 51.5 Å². The maximum atomic E-state index is 14.3. The van der Waals surface area contributed by atoms with Crippen molar-refractivity contribution in [2.24, 2.45) is 5.73 Å². The van der Waals surface area contributed by atoms with E-state index in [9.17, 15) is 29.1 Å². The highest BCUT2D eigenvalue weighted by Crippen LogP contribution is 2.19. The van der Waals surface area contributed by atoms with Crippen LogP contribution in [0.3, 0.4) is 0 Å². The zero-order valence-electron chi connectivity index (χ0n) is 32.5. The molecule has 0 saturated carbocycles. The molecule has 0 fully saturated rings. The summed E-state index contributed by atoms with van der Waals surface area (Å²) in [6.45, 7) is -0.266. The van der Waals surface area contributed by atoms with Gasteiger partial charge in [-0.05, 0) is 40.5 Å². The lowest BCUT2D eigenvalue weighted by Crippen LogP contribution is -2.60. The van der Waals surface area contributed by atoms with E-state index in [1.807, 2.05) is 60.7 Å². The minimum absolute atomic E-state index is 0.00874. The van der Waals surface area contributed by atoms with Crippen LogP contribution in [0.2, 0.25) is 0 Å². The number of carbonyl (C=O) groups excluding carboxylic acids is 5. The van der Waals surface area contributed by atoms with Crippen molar-refractivity contribution >= 4 is 40.6 Å². The van der Waals surface area contributed by atoms with E-state index >= 15 is 0 Å². The van der Waals surface area contributed by atoms with Crippen LogP contribution in [0.25, 0.3) is 10.9 Å². The summed E-state index contributed by atoms with van der Waals surface area (Å²) < 4.78 is 11.3. The molecule has 6 aromatic rings. The van der Waals surface area contributed by atoms with Crippen LogP contribution in [0.1, 0.15) is 27.9 Å². The second-order valence-electron chi connectivity index (χ2n) is 14.1. The molecule has 2 heterocycles. The number of aromatic amines is 2. The average Bonchev–Trinajstić information content (AvgIpc) is 3.93. The van der Waals surface area contributed by atoms with E-state index in [2.05, 4.69) is 36.2 Å². The number of alkyl carbamates (subject to hydrolysis) is 1. The Kier molecular flexibility index (Phi) is 14.6. The number of aromatic nitrogens is 3. The molecule has 2 aromatic heterocycles. The van der Waals surface area contributed by atoms with Crippen LogP contribution >= 0.6 is 0 Å². The summed E-state index contributed by atoms with van der Waals surface area (Å²) in [5.74, 6) is -3.08. The van der Waals surface area contributed by atoms with Gasteiger partial charge in [-0.2, -0.15) is 0 Å². The molecule has 0 radical (unpaired) electrons. The molecule has 0 unspecified atom stereocenters. The number of aromatic hydroxyl groups is 1. The fraction of sp³-hybridized carbons (Fsp3) is 0.227. The predicted octanol–water partition coefficient (Wildman–Crippen LogP) is 3.08. The highest BCUT2D eigenvalue weighted by Gasteiger charge is 2.32. The molecule has 0 bridgehead atoms. The molecular formula is C44H46N8O8. The van der Waals surface area contributed by atoms with Crippen molar-refractivity contribution in [2.45, 2.75) is 56.6 Å². The van der Waals surface area contributed by atoms with Crippen LogP contribution in [0.5, 0.6) is 5.75 Å². The molecule has 0 aliphatic carbocycles. The quantitative estimate of drug-likeness (QED) is 0.0564. The second kappa shape index (κ2) is 20.8. The number of H-pyrrole nitrogens is 2. The van der Waals surface area contributed by atoms with Gasteiger partial charge in [0.2, 0.25) is 23.6 Å². The first-order valence-corrected chi connectivity index (χ1v) is 19.2. The number of imidazole rings is 1. The topological polar surface area (TPSA) is 243 Å². The number of nitrogens with two attached hydrogens (primary N) is 1. The highest BCUT2D eigenvalue weighted by molar-refractivity contribution is 5.95. The van der Waals surface area contributed by atoms with Gasteiger partial charge in [0.15, 0.2) is 0 Å². The molecule has 16 nitrogen and oxygen atoms in total. The summed E-state index contributed by atoms with van der Waals surface area (Å²) in [5.41, 5.74) is 10.00. The molecule has 60 heavy (non-hydrogen) atoms. The average molecular weight is 815 g/mol. The van der Waals surface area contributed by atoms with Crippen molar-refractivity contribution < 1.29 is 38.6 Å². The van der Waals surface area contributed by atoms with E-state index in [1.54, 1.807) is 42.6 Å². The van der Waals surface area contributed by atoms with E-state index in [1.165, 1.54) is 24.7 Å². The van der Waals surface area contributed by atoms with Crippen LogP contribution in [0, 0.1) is 0 Å². The summed E-state index contributed by atoms with van der Waals surface area (Å²) in [5, 5.41) is 21.5. The number of carbonyl (C=O) groups is 5. The molecule has 0 aliphatic rings. The van der Waals surface area contributed by atoms with E-state index in [0.717, 1.165) is 27.6 Å². The molecule has 16 heteroatoms. The second-order valence-corrected chi connectivity index (χ2v) is 14.1. The van der Waals surface area contributed by atoms with Crippen LogP contribution < -0.4 is 27.0 Å². The Hall–Kier alpha value is -7.46. The summed E-state index contributed by atoms with van der Waals surface area (Å²) in [7, 11) is 0. The van der Waals surface area contributed by atoms with E-state index < -0.39 is 53.9 Å². The molecular weight excluding hydrogens is 769 g/mol. The van der Waals surface area contributed by atoms with E-state index in [0.29, 0.717) is 11.3 Å². The molecule has 4 aromatic carbocycles. The number of ether oxygens (including phenoxy) is 2. The largest absolute Gasteiger partial charge is 0.508 e. The van der Waals surface area contributed by atoms with Gasteiger partial charge in [-0.3, -0.25) is 19.2 Å². The van der Waals surface area contributed by atoms with Gasteiger partial charge in [-0.25, -0.2) is 9.78 Å². The Labute approximate surface area is 345 Å². The van der Waals surface area contributed by atoms with Crippen molar-refractivity contribution in [3.63, 3.8) is 0 Å². The summed E-state index contributed by atoms with van der Waals surface area (Å²) >= 11 is 0. The number of amides is 5. The van der Waals surface area contributed by atoms with Gasteiger partial charge in [-0.1, -0.05) is 91.0 Å². The lowest BCUT2D eigenvalue weighted by Gasteiger charge is -2.26. The van der Waals surface area contributed by atoms with Gasteiger partial charge in [0, 0.05) is 48.3 Å². The number of fused-ring (bicyclic) bond motifs is 1. The number of phenolic OH excluding ortho intramolecular Hbond substituents is 1. The summed E-state index contributed by atoms with van der Waals surface area (Å²) in [4.78, 5) is 78.2. The normalized spacial score (nSPS) is 13.0. The van der Waals surface area contributed by atoms with Crippen molar-refractivity contribution in [1.82, 2.24) is 36.2 Å². The fourth-order valence-corrected chi connectivity index (χ4v) is 6.42. The van der Waals surface area contributed by atoms with E-state index in [4.69, 9.17) is 15.2 Å². The first-order chi connectivity index (χ1) is 29.1. The van der Waals surface area contributed by atoms with Crippen molar-refractivity contribution in [3.8, 4) is 5.75 Å². The summed E-state index contributed by atoms with van der Waals surface area (Å²) in [6.07, 6.45) is 3.72. The lowest BCUT2D eigenvalue weighted by molar-refractivity contribution is -0.134. The van der Waals surface area contributed by atoms with Crippen molar-refractivity contribution in [3.05, 3.63) is 156 Å². The number of hydrogen-bond acceptors (Lipinski definition) is 9. The SMILES string of the molecule is NC(=O)[C@H](Cc1c[nH]c2ccccc12)NC(=O)[C@H](COCc1ccccc1)NC(=O)[C@H](Cc1ccc(O)cc1)NC(=O)[C@H](Cc1cnc[nH]1)NC(=O)OCc1ccccc1. The zero-order chi connectivity index (χ0) is 42.3. The highest BCUT2D eigenvalue weighted by atomic mass is 16.5. The third-order valence-corrected chi connectivity index (χ3v) is 9.60. The third-order valence-electron chi connectivity index (χ3n) is 9.60. The van der Waals surface area contributed by atoms with Gasteiger partial charge in [-0.15, -0.1) is 0 Å². The van der Waals surface area contributed by atoms with Gasteiger partial charge >= 0.3 is 6.09 Å². The third kappa shape index (κ3) is 12.3. The Bertz CT molecular complexity index is 2340. The number of primary amides is 1. The van der Waals surface area contributed by atoms with Crippen LogP contribution in [-0.4, -0.2) is 80.6 Å². The van der Waals surface area contributed by atoms with Crippen LogP contribution in [-0.2, 0) is 61.1 Å². The fourth-order valence-electron chi connectivity index (χ4n) is 6.42. The maximum Gasteiger partial charge on any atom is 0.408 e. The molecule has 0 saturated heterocycles. The zero-order valence-corrected chi connectivity index (χ0v) is 32.5. The van der Waals surface area contributed by atoms with Crippen molar-refractivity contribution in [1.29, 1.82) is 0 Å². The standard InChI is InChI=1S/C44H46N8O8/c45-40(54)36(20-31-22-47-35-14-8-7-13-34(31)35)49-43(57)39(26-59-24-29-9-3-1-4-10-29)51-41(55)37(19-28-15-17-33(53)18-16-28)50-42(56)38(21-32-23-46-27-48-32)52-44(58)60-25-30-11-5-2-6-12-30/h1-18,22-23,27,36-39,47,53H,19-21,24-26H2,(H2,45,54)(H,46,48)(H,49,57)(H,50,56)(H,51,55)(H,52,58)/t36-,37-,38-,39-/m0/s1.